The maximum absolute atomic E-state index is 4.21. The lowest BCUT2D eigenvalue weighted by molar-refractivity contribution is 0.567. The van der Waals surface area contributed by atoms with Gasteiger partial charge >= 0.3 is 0 Å². The van der Waals surface area contributed by atoms with E-state index in [1.807, 2.05) is 16.8 Å². The minimum atomic E-state index is 0.818. The summed E-state index contributed by atoms with van der Waals surface area (Å²) in [5.41, 5.74) is 0.818. The summed E-state index contributed by atoms with van der Waals surface area (Å²) >= 11 is 0. The van der Waals surface area contributed by atoms with Crippen LogP contribution in [0.25, 0.3) is 5.65 Å². The first-order valence-electron chi connectivity index (χ1n) is 5.35. The summed E-state index contributed by atoms with van der Waals surface area (Å²) in [6.07, 6.45) is 7.37. The molecule has 0 atom stereocenters. The van der Waals surface area contributed by atoms with Gasteiger partial charge in [-0.15, -0.1) is 5.10 Å². The van der Waals surface area contributed by atoms with Crippen molar-refractivity contribution in [1.29, 1.82) is 0 Å². The maximum Gasteiger partial charge on any atom is 0.177 e. The second-order valence-electron chi connectivity index (χ2n) is 3.85. The molecule has 0 spiro atoms. The highest BCUT2D eigenvalue weighted by atomic mass is 15.4. The molecule has 15 heavy (non-hydrogen) atoms. The molecule has 1 saturated heterocycles. The van der Waals surface area contributed by atoms with Gasteiger partial charge in [0.1, 0.15) is 5.82 Å². The average Bonchev–Trinajstić information content (AvgIpc) is 2.78. The number of nitrogens with zero attached hydrogens (tertiary/aromatic N) is 5. The van der Waals surface area contributed by atoms with E-state index < -0.39 is 0 Å². The van der Waals surface area contributed by atoms with E-state index in [0.29, 0.717) is 0 Å². The molecule has 0 aromatic carbocycles. The standard InChI is InChI=1S/C10H13N5/c1-2-6-14(7-3-1)10-4-5-11-9-8-12-13-15(9)10/h4-5,8H,1-3,6-7H2. The molecule has 5 heteroatoms. The van der Waals surface area contributed by atoms with Crippen molar-refractivity contribution in [2.45, 2.75) is 19.3 Å². The highest BCUT2D eigenvalue weighted by Crippen LogP contribution is 2.18. The second-order valence-corrected chi connectivity index (χ2v) is 3.85. The lowest BCUT2D eigenvalue weighted by Gasteiger charge is -2.28. The first kappa shape index (κ1) is 8.64. The molecule has 1 aliphatic rings. The molecule has 78 valence electrons. The molecule has 2 aromatic rings. The lowest BCUT2D eigenvalue weighted by Crippen LogP contribution is -2.31. The lowest BCUT2D eigenvalue weighted by atomic mass is 10.1. The highest BCUT2D eigenvalue weighted by Gasteiger charge is 2.14. The molecule has 0 aliphatic carbocycles. The summed E-state index contributed by atoms with van der Waals surface area (Å²) in [4.78, 5) is 6.56. The summed E-state index contributed by atoms with van der Waals surface area (Å²) in [5.74, 6) is 1.11. The van der Waals surface area contributed by atoms with E-state index in [-0.39, 0.29) is 0 Å². The molecular weight excluding hydrogens is 190 g/mol. The maximum atomic E-state index is 4.21. The average molecular weight is 203 g/mol. The fraction of sp³-hybridized carbons (Fsp3) is 0.500. The van der Waals surface area contributed by atoms with Crippen LogP contribution in [-0.2, 0) is 0 Å². The van der Waals surface area contributed by atoms with Crippen LogP contribution in [0.5, 0.6) is 0 Å². The van der Waals surface area contributed by atoms with Gasteiger partial charge in [0, 0.05) is 19.3 Å². The fourth-order valence-corrected chi connectivity index (χ4v) is 2.09. The molecule has 3 rings (SSSR count). The van der Waals surface area contributed by atoms with Crippen LogP contribution in [0.2, 0.25) is 0 Å². The van der Waals surface area contributed by atoms with Crippen molar-refractivity contribution < 1.29 is 0 Å². The third-order valence-electron chi connectivity index (χ3n) is 2.86. The van der Waals surface area contributed by atoms with E-state index in [1.165, 1.54) is 19.3 Å². The SMILES string of the molecule is c1cc(N2CCCCC2)n2nncc2n1. The number of fused-ring (bicyclic) bond motifs is 1. The van der Waals surface area contributed by atoms with E-state index in [9.17, 15) is 0 Å². The third kappa shape index (κ3) is 1.44. The summed E-state index contributed by atoms with van der Waals surface area (Å²) in [5, 5.41) is 7.94. The van der Waals surface area contributed by atoms with Crippen molar-refractivity contribution in [2.24, 2.45) is 0 Å². The Morgan fingerprint density at radius 3 is 2.87 bits per heavy atom. The van der Waals surface area contributed by atoms with Crippen LogP contribution >= 0.6 is 0 Å². The molecular formula is C10H13N5. The Hall–Kier alpha value is -1.65. The van der Waals surface area contributed by atoms with Gasteiger partial charge in [0.15, 0.2) is 5.65 Å². The van der Waals surface area contributed by atoms with Gasteiger partial charge in [0.05, 0.1) is 6.20 Å². The second kappa shape index (κ2) is 3.49. The molecule has 0 saturated carbocycles. The number of hydrogen-bond donors (Lipinski definition) is 0. The van der Waals surface area contributed by atoms with Gasteiger partial charge in [-0.3, -0.25) is 0 Å². The van der Waals surface area contributed by atoms with E-state index in [4.69, 9.17) is 0 Å². The van der Waals surface area contributed by atoms with Gasteiger partial charge in [-0.05, 0) is 25.3 Å². The third-order valence-corrected chi connectivity index (χ3v) is 2.86. The number of aromatic nitrogens is 4. The Morgan fingerprint density at radius 1 is 1.13 bits per heavy atom. The minimum absolute atomic E-state index is 0.818. The number of hydrogen-bond acceptors (Lipinski definition) is 4. The van der Waals surface area contributed by atoms with Crippen molar-refractivity contribution in [3.63, 3.8) is 0 Å². The van der Waals surface area contributed by atoms with Crippen LogP contribution in [0.4, 0.5) is 5.82 Å². The normalized spacial score (nSPS) is 17.2. The van der Waals surface area contributed by atoms with E-state index in [2.05, 4.69) is 20.2 Å². The van der Waals surface area contributed by atoms with Crippen molar-refractivity contribution in [3.8, 4) is 0 Å². The van der Waals surface area contributed by atoms with Crippen LogP contribution in [0, 0.1) is 0 Å². The van der Waals surface area contributed by atoms with Gasteiger partial charge in [0.2, 0.25) is 0 Å². The van der Waals surface area contributed by atoms with Crippen molar-refractivity contribution in [2.75, 3.05) is 18.0 Å². The highest BCUT2D eigenvalue weighted by molar-refractivity contribution is 5.47. The van der Waals surface area contributed by atoms with Crippen LogP contribution in [-0.4, -0.2) is 32.9 Å². The fourth-order valence-electron chi connectivity index (χ4n) is 2.09. The van der Waals surface area contributed by atoms with Gasteiger partial charge in [-0.1, -0.05) is 5.21 Å². The zero-order valence-corrected chi connectivity index (χ0v) is 8.50. The van der Waals surface area contributed by atoms with Crippen LogP contribution in [0.15, 0.2) is 18.5 Å². The van der Waals surface area contributed by atoms with Gasteiger partial charge in [-0.2, -0.15) is 4.52 Å². The Labute approximate surface area is 87.7 Å². The van der Waals surface area contributed by atoms with Crippen molar-refractivity contribution >= 4 is 11.5 Å². The summed E-state index contributed by atoms with van der Waals surface area (Å²) in [7, 11) is 0. The van der Waals surface area contributed by atoms with Crippen molar-refractivity contribution in [3.05, 3.63) is 18.5 Å². The molecule has 5 nitrogen and oxygen atoms in total. The quantitative estimate of drug-likeness (QED) is 0.696. The summed E-state index contributed by atoms with van der Waals surface area (Å²) in [6.45, 7) is 2.22. The number of rotatable bonds is 1. The Morgan fingerprint density at radius 2 is 2.00 bits per heavy atom. The zero-order valence-electron chi connectivity index (χ0n) is 8.50. The van der Waals surface area contributed by atoms with Gasteiger partial charge in [0.25, 0.3) is 0 Å². The first-order valence-corrected chi connectivity index (χ1v) is 5.35. The molecule has 0 N–H and O–H groups in total. The van der Waals surface area contributed by atoms with Gasteiger partial charge < -0.3 is 4.90 Å². The predicted octanol–water partition coefficient (Wildman–Crippen LogP) is 1.11. The van der Waals surface area contributed by atoms with Gasteiger partial charge in [-0.25, -0.2) is 4.98 Å². The largest absolute Gasteiger partial charge is 0.356 e. The van der Waals surface area contributed by atoms with Crippen LogP contribution in [0.1, 0.15) is 19.3 Å². The number of anilines is 1. The van der Waals surface area contributed by atoms with Crippen LogP contribution in [0.3, 0.4) is 0 Å². The monoisotopic (exact) mass is 203 g/mol. The van der Waals surface area contributed by atoms with E-state index in [1.54, 1.807) is 6.20 Å². The Kier molecular flexibility index (Phi) is 2.01. The summed E-state index contributed by atoms with van der Waals surface area (Å²) < 4.78 is 1.81. The molecule has 1 fully saturated rings. The van der Waals surface area contributed by atoms with E-state index in [0.717, 1.165) is 24.6 Å². The molecule has 0 bridgehead atoms. The molecule has 3 heterocycles. The molecule has 0 unspecified atom stereocenters. The molecule has 0 radical (unpaired) electrons. The van der Waals surface area contributed by atoms with E-state index >= 15 is 0 Å². The minimum Gasteiger partial charge on any atom is -0.356 e. The topological polar surface area (TPSA) is 46.3 Å². The first-order chi connectivity index (χ1) is 7.45. The molecule has 0 amide bonds. The molecule has 1 aliphatic heterocycles. The Balaban J connectivity index is 2.05. The smallest absolute Gasteiger partial charge is 0.177 e. The van der Waals surface area contributed by atoms with Crippen molar-refractivity contribution in [1.82, 2.24) is 19.8 Å². The van der Waals surface area contributed by atoms with Crippen LogP contribution < -0.4 is 4.90 Å². The Bertz CT molecular complexity index is 458. The zero-order chi connectivity index (χ0) is 10.1. The predicted molar refractivity (Wildman–Crippen MR) is 56.8 cm³/mol. The number of piperidine rings is 1. The molecule has 2 aromatic heterocycles. The summed E-state index contributed by atoms with van der Waals surface area (Å²) in [6, 6.07) is 2.01.